The molecule has 5 amide bonds. The molecule has 3 heterocycles. The number of aryl methyl sites for hydroxylation is 1. The summed E-state index contributed by atoms with van der Waals surface area (Å²) in [7, 11) is 0. The Labute approximate surface area is 371 Å². The first-order valence-corrected chi connectivity index (χ1v) is 23.3. The van der Waals surface area contributed by atoms with E-state index < -0.39 is 23.6 Å². The molecule has 2 unspecified atom stereocenters. The van der Waals surface area contributed by atoms with Gasteiger partial charge in [-0.05, 0) is 73.9 Å². The van der Waals surface area contributed by atoms with Crippen LogP contribution in [0.25, 0.3) is 10.4 Å². The molecule has 62 heavy (non-hydrogen) atoms. The quantitative estimate of drug-likeness (QED) is 0.0684. The first kappa shape index (κ1) is 48.2. The lowest BCUT2D eigenvalue weighted by atomic mass is 9.85. The van der Waals surface area contributed by atoms with E-state index in [2.05, 4.69) is 31.4 Å². The Morgan fingerprint density at radius 1 is 0.871 bits per heavy atom. The topological polar surface area (TPSA) is 176 Å². The fraction of sp³-hybridized carbons (Fsp3) is 0.574. The molecule has 1 aromatic heterocycles. The molecule has 2 aliphatic rings. The van der Waals surface area contributed by atoms with Gasteiger partial charge in [0.2, 0.25) is 23.6 Å². The molecule has 3 aromatic rings. The second-order valence-electron chi connectivity index (χ2n) is 17.8. The van der Waals surface area contributed by atoms with Crippen LogP contribution in [0.4, 0.5) is 5.69 Å². The number of β-amino-alcohol motifs (C(OH)–C–C–N with tert-alkyl or cyclic N) is 1. The lowest BCUT2D eigenvalue weighted by Gasteiger charge is -2.36. The molecule has 0 saturated carbocycles. The highest BCUT2D eigenvalue weighted by Gasteiger charge is 2.44. The number of anilines is 1. The molecule has 5 N–H and O–H groups in total. The minimum Gasteiger partial charge on any atom is -0.391 e. The maximum absolute atomic E-state index is 14.1. The highest BCUT2D eigenvalue weighted by atomic mass is 32.1. The molecule has 2 aliphatic heterocycles. The third-order valence-electron chi connectivity index (χ3n) is 11.8. The van der Waals surface area contributed by atoms with Gasteiger partial charge in [-0.1, -0.05) is 77.6 Å². The minimum atomic E-state index is -0.865. The first-order chi connectivity index (χ1) is 29.7. The number of carbonyl (C=O) groups excluding carboxylic acids is 5. The van der Waals surface area contributed by atoms with Crippen molar-refractivity contribution in [3.05, 3.63) is 70.9 Å². The van der Waals surface area contributed by atoms with Crippen molar-refractivity contribution in [1.82, 2.24) is 36.3 Å². The number of unbranched alkanes of at least 4 members (excludes halogenated alkanes) is 5. The number of nitrogens with one attached hydrogen (secondary N) is 4. The van der Waals surface area contributed by atoms with Crippen molar-refractivity contribution in [1.29, 1.82) is 0 Å². The van der Waals surface area contributed by atoms with E-state index in [0.29, 0.717) is 38.0 Å². The van der Waals surface area contributed by atoms with Crippen molar-refractivity contribution >= 4 is 46.6 Å². The maximum Gasteiger partial charge on any atom is 0.265 e. The van der Waals surface area contributed by atoms with Gasteiger partial charge in [0.05, 0.1) is 28.2 Å². The van der Waals surface area contributed by atoms with Gasteiger partial charge >= 0.3 is 0 Å². The fourth-order valence-electron chi connectivity index (χ4n) is 8.05. The zero-order valence-corrected chi connectivity index (χ0v) is 38.3. The van der Waals surface area contributed by atoms with Crippen LogP contribution >= 0.6 is 11.3 Å². The number of likely N-dealkylation sites (tertiary alicyclic amines) is 1. The number of thiazole rings is 1. The molecule has 0 aliphatic carbocycles. The number of rotatable bonds is 20. The zero-order chi connectivity index (χ0) is 44.8. The number of carbonyl (C=O) groups is 5. The summed E-state index contributed by atoms with van der Waals surface area (Å²) in [5.41, 5.74) is 11.4. The number of benzene rings is 2. The normalized spacial score (nSPS) is 17.7. The number of hydrogen-bond acceptors (Lipinski definition) is 10. The van der Waals surface area contributed by atoms with Crippen molar-refractivity contribution in [3.8, 4) is 10.4 Å². The Morgan fingerprint density at radius 3 is 2.13 bits per heavy atom. The number of nitrogens with zero attached hydrogens (tertiary/aromatic N) is 4. The summed E-state index contributed by atoms with van der Waals surface area (Å²) < 4.78 is 0. The molecule has 5 rings (SSSR count). The highest BCUT2D eigenvalue weighted by molar-refractivity contribution is 7.13. The number of piperazine rings is 1. The first-order valence-electron chi connectivity index (χ1n) is 22.4. The summed E-state index contributed by atoms with van der Waals surface area (Å²) in [5.74, 6) is -0.895. The summed E-state index contributed by atoms with van der Waals surface area (Å²) in [4.78, 5) is 77.1. The molecule has 0 spiro atoms. The summed E-state index contributed by atoms with van der Waals surface area (Å²) in [6, 6.07) is 13.5. The van der Waals surface area contributed by atoms with Gasteiger partial charge in [0.1, 0.15) is 12.1 Å². The predicted molar refractivity (Wildman–Crippen MR) is 244 cm³/mol. The van der Waals surface area contributed by atoms with Crippen LogP contribution in [0.2, 0.25) is 0 Å². The second kappa shape index (κ2) is 23.0. The maximum atomic E-state index is 14.1. The van der Waals surface area contributed by atoms with E-state index in [9.17, 15) is 29.1 Å². The van der Waals surface area contributed by atoms with Gasteiger partial charge in [0, 0.05) is 69.8 Å². The Hall–Kier alpha value is -4.86. The van der Waals surface area contributed by atoms with Gasteiger partial charge < -0.3 is 30.4 Å². The molecule has 0 bridgehead atoms. The zero-order valence-electron chi connectivity index (χ0n) is 37.5. The fourth-order valence-corrected chi connectivity index (χ4v) is 8.86. The van der Waals surface area contributed by atoms with E-state index in [0.717, 1.165) is 79.0 Å². The Bertz CT molecular complexity index is 1940. The van der Waals surface area contributed by atoms with Crippen LogP contribution in [-0.4, -0.2) is 107 Å². The van der Waals surface area contributed by atoms with E-state index in [1.807, 2.05) is 100 Å². The van der Waals surface area contributed by atoms with Crippen molar-refractivity contribution in [2.75, 3.05) is 44.2 Å². The van der Waals surface area contributed by atoms with Crippen LogP contribution in [0.15, 0.2) is 54.0 Å². The van der Waals surface area contributed by atoms with Gasteiger partial charge in [-0.15, -0.1) is 11.3 Å². The van der Waals surface area contributed by atoms with E-state index in [1.54, 1.807) is 11.3 Å². The smallest absolute Gasteiger partial charge is 0.265 e. The number of hydrogen-bond donors (Lipinski definition) is 5. The molecule has 4 atom stereocenters. The minimum absolute atomic E-state index is 0.0227. The summed E-state index contributed by atoms with van der Waals surface area (Å²) in [6.07, 6.45) is 6.27. The third kappa shape index (κ3) is 13.6. The lowest BCUT2D eigenvalue weighted by Crippen LogP contribution is -2.57. The van der Waals surface area contributed by atoms with Crippen molar-refractivity contribution < 1.29 is 29.1 Å². The van der Waals surface area contributed by atoms with Crippen LogP contribution in [0, 0.1) is 12.3 Å². The lowest BCUT2D eigenvalue weighted by molar-refractivity contribution is -0.144. The Morgan fingerprint density at radius 2 is 1.52 bits per heavy atom. The van der Waals surface area contributed by atoms with E-state index in [-0.39, 0.29) is 55.0 Å². The molecule has 2 saturated heterocycles. The number of aliphatic hydroxyl groups is 1. The van der Waals surface area contributed by atoms with Crippen LogP contribution in [0.5, 0.6) is 0 Å². The predicted octanol–water partition coefficient (Wildman–Crippen LogP) is 5.90. The number of aromatic nitrogens is 1. The third-order valence-corrected chi connectivity index (χ3v) is 12.8. The van der Waals surface area contributed by atoms with Crippen molar-refractivity contribution in [3.63, 3.8) is 0 Å². The monoisotopic (exact) mass is 872 g/mol. The molecule has 14 nitrogen and oxygen atoms in total. The van der Waals surface area contributed by atoms with Crippen LogP contribution in [-0.2, 0) is 19.2 Å². The summed E-state index contributed by atoms with van der Waals surface area (Å²) >= 11 is 1.58. The molecule has 15 heteroatoms. The van der Waals surface area contributed by atoms with Gasteiger partial charge in [0.25, 0.3) is 5.91 Å². The highest BCUT2D eigenvalue weighted by Crippen LogP contribution is 2.30. The van der Waals surface area contributed by atoms with E-state index >= 15 is 0 Å². The summed E-state index contributed by atoms with van der Waals surface area (Å²) in [6.45, 7) is 15.1. The number of hydrazine groups is 1. The average molecular weight is 873 g/mol. The second-order valence-corrected chi connectivity index (χ2v) is 18.7. The standard InChI is InChI=1S/C47H68N8O6S/c1-7-24-49-52-44(59)36-20-22-37(23-21-36)53-25-27-54(28-26-53)41(58)15-13-11-9-8-10-12-14-40(57)51-43(47(4,5)6)46(61)55-30-38(56)29-39(55)45(60)50-32(2)34-16-18-35(19-17-34)42-33(3)48-31-62-42/h16-23,31-32,38-39,43,49,56H,7-15,24-30H2,1-6H3,(H,50,60)(H,51,57)(H,52,59)/t32?,38-,39+,43?/m1/s1. The van der Waals surface area contributed by atoms with Crippen LogP contribution in [0.1, 0.15) is 126 Å². The van der Waals surface area contributed by atoms with Crippen molar-refractivity contribution in [2.24, 2.45) is 5.41 Å². The van der Waals surface area contributed by atoms with Crippen LogP contribution < -0.4 is 26.4 Å². The average Bonchev–Trinajstić information content (AvgIpc) is 3.88. The molecule has 338 valence electrons. The largest absolute Gasteiger partial charge is 0.391 e. The Kier molecular flexibility index (Phi) is 17.9. The molecular weight excluding hydrogens is 805 g/mol. The number of aliphatic hydroxyl groups excluding tert-OH is 1. The van der Waals surface area contributed by atoms with Crippen molar-refractivity contribution in [2.45, 2.75) is 130 Å². The Balaban J connectivity index is 0.976. The molecule has 2 aromatic carbocycles. The molecule has 0 radical (unpaired) electrons. The SMILES string of the molecule is CCCNNC(=O)c1ccc(N2CCN(C(=O)CCCCCCCCC(=O)NC(C(=O)N3C[C@H](O)C[C@H]3C(=O)NC(C)c3ccc(-c4scnc4C)cc3)C(C)(C)C)CC2)cc1. The summed E-state index contributed by atoms with van der Waals surface area (Å²) in [5, 5.41) is 16.6. The molecular formula is C47H68N8O6S. The van der Waals surface area contributed by atoms with Gasteiger partial charge in [-0.2, -0.15) is 0 Å². The molecule has 2 fully saturated rings. The van der Waals surface area contributed by atoms with Gasteiger partial charge in [-0.25, -0.2) is 10.4 Å². The van der Waals surface area contributed by atoms with Gasteiger partial charge in [-0.3, -0.25) is 29.4 Å². The van der Waals surface area contributed by atoms with E-state index in [1.165, 1.54) is 4.90 Å². The number of amides is 5. The van der Waals surface area contributed by atoms with E-state index in [4.69, 9.17) is 0 Å². The van der Waals surface area contributed by atoms with Crippen LogP contribution in [0.3, 0.4) is 0 Å². The van der Waals surface area contributed by atoms with Gasteiger partial charge in [0.15, 0.2) is 0 Å².